The van der Waals surface area contributed by atoms with Crippen molar-refractivity contribution in [1.29, 1.82) is 0 Å². The summed E-state index contributed by atoms with van der Waals surface area (Å²) in [5, 5.41) is 3.43. The van der Waals surface area contributed by atoms with Crippen LogP contribution in [0.1, 0.15) is 115 Å². The van der Waals surface area contributed by atoms with Gasteiger partial charge in [0.2, 0.25) is 5.91 Å². The van der Waals surface area contributed by atoms with Crippen LogP contribution in [0.25, 0.3) is 11.3 Å². The number of ether oxygens (including phenoxy) is 1. The van der Waals surface area contributed by atoms with E-state index < -0.39 is 5.60 Å². The highest BCUT2D eigenvalue weighted by Crippen LogP contribution is 2.47. The summed E-state index contributed by atoms with van der Waals surface area (Å²) in [6.07, 6.45) is 6.56. The topological polar surface area (TPSA) is 62.7 Å². The van der Waals surface area contributed by atoms with E-state index in [1.54, 1.807) is 11.3 Å². The van der Waals surface area contributed by atoms with Gasteiger partial charge in [-0.15, -0.1) is 11.3 Å². The molecule has 0 atom stereocenters. The summed E-state index contributed by atoms with van der Waals surface area (Å²) in [6.45, 7) is 19.3. The number of carbonyl (C=O) groups is 2. The minimum atomic E-state index is -0.438. The summed E-state index contributed by atoms with van der Waals surface area (Å²) in [4.78, 5) is 34.9. The van der Waals surface area contributed by atoms with Crippen LogP contribution in [-0.2, 0) is 25.2 Å². The highest BCUT2D eigenvalue weighted by molar-refractivity contribution is 7.10. The van der Waals surface area contributed by atoms with E-state index in [1.807, 2.05) is 25.7 Å². The van der Waals surface area contributed by atoms with Gasteiger partial charge in [0.05, 0.1) is 16.6 Å². The van der Waals surface area contributed by atoms with Crippen molar-refractivity contribution in [2.75, 3.05) is 32.7 Å². The van der Waals surface area contributed by atoms with Crippen LogP contribution < -0.4 is 0 Å². The lowest BCUT2D eigenvalue weighted by Crippen LogP contribution is -2.42. The Labute approximate surface area is 257 Å². The van der Waals surface area contributed by atoms with E-state index in [-0.39, 0.29) is 28.6 Å². The van der Waals surface area contributed by atoms with Crippen LogP contribution in [0.3, 0.4) is 0 Å². The Morgan fingerprint density at radius 1 is 0.952 bits per heavy atom. The Hall–Kier alpha value is -2.25. The first-order chi connectivity index (χ1) is 19.7. The molecule has 0 bridgehead atoms. The predicted molar refractivity (Wildman–Crippen MR) is 171 cm³/mol. The van der Waals surface area contributed by atoms with E-state index in [0.29, 0.717) is 12.3 Å². The molecule has 0 spiro atoms. The zero-order chi connectivity index (χ0) is 30.3. The third-order valence-electron chi connectivity index (χ3n) is 9.84. The molecule has 0 unspecified atom stereocenters. The average Bonchev–Trinajstić information content (AvgIpc) is 3.44. The molecule has 0 radical (unpaired) electrons. The van der Waals surface area contributed by atoms with Crippen LogP contribution in [-0.4, -0.2) is 65.0 Å². The van der Waals surface area contributed by atoms with E-state index in [2.05, 4.69) is 56.2 Å². The molecule has 2 fully saturated rings. The summed E-state index contributed by atoms with van der Waals surface area (Å²) < 4.78 is 5.57. The van der Waals surface area contributed by atoms with E-state index >= 15 is 0 Å². The highest BCUT2D eigenvalue weighted by atomic mass is 32.1. The third kappa shape index (κ3) is 7.10. The first-order valence-electron chi connectivity index (χ1n) is 16.1. The van der Waals surface area contributed by atoms with Crippen LogP contribution in [0, 0.1) is 5.92 Å². The molecule has 3 heterocycles. The third-order valence-corrected chi connectivity index (χ3v) is 10.8. The Bertz CT molecular complexity index is 1270. The molecular formula is C35H51N3O3S. The smallest absolute Gasteiger partial charge is 0.309 e. The molecule has 230 valence electrons. The molecule has 3 aliphatic rings. The van der Waals surface area contributed by atoms with Gasteiger partial charge in [-0.3, -0.25) is 9.59 Å². The minimum absolute atomic E-state index is 0.0205. The largest absolute Gasteiger partial charge is 0.460 e. The summed E-state index contributed by atoms with van der Waals surface area (Å²) >= 11 is 1.78. The number of benzene rings is 1. The molecule has 2 aliphatic heterocycles. The molecule has 0 N–H and O–H groups in total. The zero-order valence-corrected chi connectivity index (χ0v) is 27.7. The second-order valence-electron chi connectivity index (χ2n) is 15.2. The van der Waals surface area contributed by atoms with Gasteiger partial charge in [0.15, 0.2) is 0 Å². The van der Waals surface area contributed by atoms with E-state index in [0.717, 1.165) is 64.1 Å². The first-order valence-corrected chi connectivity index (χ1v) is 16.9. The Morgan fingerprint density at radius 2 is 1.60 bits per heavy atom. The maximum atomic E-state index is 13.0. The van der Waals surface area contributed by atoms with Crippen molar-refractivity contribution in [1.82, 2.24) is 14.8 Å². The van der Waals surface area contributed by atoms with Crippen LogP contribution in [0.5, 0.6) is 0 Å². The van der Waals surface area contributed by atoms with Crippen LogP contribution in [0.15, 0.2) is 23.6 Å². The van der Waals surface area contributed by atoms with Crippen molar-refractivity contribution in [2.45, 2.75) is 116 Å². The second kappa shape index (κ2) is 12.0. The van der Waals surface area contributed by atoms with Crippen molar-refractivity contribution >= 4 is 23.2 Å². The molecule has 7 heteroatoms. The molecule has 5 rings (SSSR count). The van der Waals surface area contributed by atoms with Crippen molar-refractivity contribution in [3.05, 3.63) is 39.7 Å². The van der Waals surface area contributed by atoms with Gasteiger partial charge in [-0.1, -0.05) is 39.8 Å². The number of rotatable bonds is 6. The van der Waals surface area contributed by atoms with E-state index in [1.165, 1.54) is 34.5 Å². The Balaban J connectivity index is 1.10. The van der Waals surface area contributed by atoms with Gasteiger partial charge in [-0.2, -0.15) is 0 Å². The SMILES string of the molecule is CC(C)(C)OC(=O)C1CCN(CCC(=O)N2CCC(c3nc(-c4ccc5c(c4)C(C)(C)CCC5(C)C)cs3)CC2)CC1. The number of hydrogen-bond acceptors (Lipinski definition) is 6. The quantitative estimate of drug-likeness (QED) is 0.329. The molecule has 1 aliphatic carbocycles. The van der Waals surface area contributed by atoms with Crippen molar-refractivity contribution in [3.63, 3.8) is 0 Å². The molecule has 2 saturated heterocycles. The summed E-state index contributed by atoms with van der Waals surface area (Å²) in [5.41, 5.74) is 5.25. The lowest BCUT2D eigenvalue weighted by atomic mass is 9.63. The average molecular weight is 594 g/mol. The normalized spacial score (nSPS) is 21.6. The molecule has 1 aromatic carbocycles. The minimum Gasteiger partial charge on any atom is -0.460 e. The fourth-order valence-electron chi connectivity index (χ4n) is 6.92. The monoisotopic (exact) mass is 593 g/mol. The number of aromatic nitrogens is 1. The summed E-state index contributed by atoms with van der Waals surface area (Å²) in [7, 11) is 0. The standard InChI is InChI=1S/C35H51N3O3S/c1-33(2,3)41-32(40)25-10-17-37(18-11-25)19-14-30(39)38-20-12-24(13-21-38)31-36-29(23-42-31)26-8-9-27-28(22-26)35(6,7)16-15-34(27,4)5/h8-9,22-25H,10-21H2,1-7H3. The molecular weight excluding hydrogens is 542 g/mol. The number of hydrogen-bond donors (Lipinski definition) is 0. The first kappa shape index (κ1) is 31.2. The van der Waals surface area contributed by atoms with Crippen molar-refractivity contribution in [2.24, 2.45) is 5.92 Å². The Kier molecular flexibility index (Phi) is 8.93. The van der Waals surface area contributed by atoms with E-state index in [9.17, 15) is 9.59 Å². The maximum absolute atomic E-state index is 13.0. The number of thiazole rings is 1. The molecule has 1 amide bonds. The molecule has 2 aromatic rings. The number of piperidine rings is 2. The zero-order valence-electron chi connectivity index (χ0n) is 26.9. The number of amides is 1. The molecule has 1 aromatic heterocycles. The molecule has 6 nitrogen and oxygen atoms in total. The predicted octanol–water partition coefficient (Wildman–Crippen LogP) is 7.31. The maximum Gasteiger partial charge on any atom is 0.309 e. The van der Waals surface area contributed by atoms with Crippen molar-refractivity contribution < 1.29 is 14.3 Å². The van der Waals surface area contributed by atoms with Crippen LogP contribution >= 0.6 is 11.3 Å². The number of nitrogens with zero attached hydrogens (tertiary/aromatic N) is 3. The van der Waals surface area contributed by atoms with Crippen LogP contribution in [0.2, 0.25) is 0 Å². The number of carbonyl (C=O) groups excluding carboxylic acids is 2. The fourth-order valence-corrected chi connectivity index (χ4v) is 7.92. The summed E-state index contributed by atoms with van der Waals surface area (Å²) in [5.74, 6) is 0.576. The second-order valence-corrected chi connectivity index (χ2v) is 16.0. The van der Waals surface area contributed by atoms with Gasteiger partial charge in [0, 0.05) is 42.9 Å². The van der Waals surface area contributed by atoms with Crippen LogP contribution in [0.4, 0.5) is 0 Å². The summed E-state index contributed by atoms with van der Waals surface area (Å²) in [6, 6.07) is 7.01. The van der Waals surface area contributed by atoms with Gasteiger partial charge >= 0.3 is 5.97 Å². The lowest BCUT2D eigenvalue weighted by Gasteiger charge is -2.42. The number of likely N-dealkylation sites (tertiary alicyclic amines) is 2. The lowest BCUT2D eigenvalue weighted by molar-refractivity contribution is -0.161. The van der Waals surface area contributed by atoms with Crippen molar-refractivity contribution in [3.8, 4) is 11.3 Å². The van der Waals surface area contributed by atoms with Gasteiger partial charge in [-0.25, -0.2) is 4.98 Å². The highest BCUT2D eigenvalue weighted by Gasteiger charge is 2.37. The van der Waals surface area contributed by atoms with Gasteiger partial charge < -0.3 is 14.5 Å². The molecule has 0 saturated carbocycles. The molecule has 42 heavy (non-hydrogen) atoms. The van der Waals surface area contributed by atoms with E-state index in [4.69, 9.17) is 9.72 Å². The number of fused-ring (bicyclic) bond motifs is 1. The van der Waals surface area contributed by atoms with Gasteiger partial charge in [-0.05, 0) is 100 Å². The number of esters is 1. The Morgan fingerprint density at radius 3 is 2.24 bits per heavy atom. The fraction of sp³-hybridized carbons (Fsp3) is 0.686. The van der Waals surface area contributed by atoms with Gasteiger partial charge in [0.25, 0.3) is 0 Å². The van der Waals surface area contributed by atoms with Gasteiger partial charge in [0.1, 0.15) is 5.60 Å².